The lowest BCUT2D eigenvalue weighted by atomic mass is 9.73. The average Bonchev–Trinajstić information content (AvgIpc) is 2.63. The van der Waals surface area contributed by atoms with Gasteiger partial charge in [0.05, 0.1) is 0 Å². The van der Waals surface area contributed by atoms with Crippen LogP contribution in [-0.4, -0.2) is 24.0 Å². The fourth-order valence-electron chi connectivity index (χ4n) is 4.40. The normalized spacial score (nSPS) is 26.9. The molecule has 1 aliphatic heterocycles. The molecule has 0 amide bonds. The third-order valence-corrected chi connectivity index (χ3v) is 7.97. The van der Waals surface area contributed by atoms with Gasteiger partial charge >= 0.3 is 0 Å². The van der Waals surface area contributed by atoms with Gasteiger partial charge in [0.25, 0.3) is 0 Å². The Morgan fingerprint density at radius 3 is 2.15 bits per heavy atom. The van der Waals surface area contributed by atoms with Gasteiger partial charge in [-0.1, -0.05) is 47.5 Å². The van der Waals surface area contributed by atoms with E-state index in [1.54, 1.807) is 5.75 Å². The second kappa shape index (κ2) is 8.11. The van der Waals surface area contributed by atoms with Gasteiger partial charge < -0.3 is 0 Å². The predicted octanol–water partition coefficient (Wildman–Crippen LogP) is 6.20. The van der Waals surface area contributed by atoms with Gasteiger partial charge in [0, 0.05) is 0 Å². The zero-order chi connectivity index (χ0) is 15.3. The quantitative estimate of drug-likeness (QED) is 0.501. The van der Waals surface area contributed by atoms with Crippen LogP contribution >= 0.6 is 10.0 Å². The minimum absolute atomic E-state index is 0.228. The Balaban J connectivity index is 2.68. The molecule has 1 heterocycles. The van der Waals surface area contributed by atoms with Gasteiger partial charge in [-0.3, -0.25) is 0 Å². The molecule has 0 radical (unpaired) electrons. The van der Waals surface area contributed by atoms with E-state index < -0.39 is 0 Å². The summed E-state index contributed by atoms with van der Waals surface area (Å²) in [7, 11) is -0.228. The third kappa shape index (κ3) is 6.00. The van der Waals surface area contributed by atoms with E-state index in [2.05, 4.69) is 47.1 Å². The molecule has 122 valence electrons. The molecule has 0 aromatic rings. The highest BCUT2D eigenvalue weighted by Crippen LogP contribution is 2.51. The van der Waals surface area contributed by atoms with E-state index in [1.807, 2.05) is 0 Å². The van der Waals surface area contributed by atoms with Crippen LogP contribution in [-0.2, 0) is 0 Å². The molecule has 3 atom stereocenters. The molecule has 1 saturated heterocycles. The minimum Gasteiger partial charge on any atom is -0.246 e. The Hall–Kier alpha value is 0.350. The van der Waals surface area contributed by atoms with E-state index in [0.29, 0.717) is 0 Å². The van der Waals surface area contributed by atoms with Crippen molar-refractivity contribution in [3.8, 4) is 0 Å². The first-order valence-electron chi connectivity index (χ1n) is 8.93. The van der Waals surface area contributed by atoms with E-state index in [4.69, 9.17) is 0 Å². The van der Waals surface area contributed by atoms with Crippen LogP contribution in [0.3, 0.4) is 0 Å². The topological polar surface area (TPSA) is 0 Å². The molecule has 0 saturated carbocycles. The van der Waals surface area contributed by atoms with Crippen molar-refractivity contribution in [2.45, 2.75) is 66.7 Å². The lowest BCUT2D eigenvalue weighted by Gasteiger charge is -2.34. The summed E-state index contributed by atoms with van der Waals surface area (Å²) in [5.74, 6) is 7.79. The molecule has 20 heavy (non-hydrogen) atoms. The molecule has 0 N–H and O–H groups in total. The summed E-state index contributed by atoms with van der Waals surface area (Å²) in [6, 6.07) is 0. The maximum atomic E-state index is 2.55. The van der Waals surface area contributed by atoms with Gasteiger partial charge in [-0.25, -0.2) is 10.0 Å². The smallest absolute Gasteiger partial charge is 0.0204 e. The fraction of sp³-hybridized carbons (Fsp3) is 1.00. The first-order chi connectivity index (χ1) is 9.25. The lowest BCUT2D eigenvalue weighted by Crippen LogP contribution is -2.24. The first kappa shape index (κ1) is 18.4. The Labute approximate surface area is 130 Å². The van der Waals surface area contributed by atoms with Crippen LogP contribution in [0.25, 0.3) is 0 Å². The molecule has 0 aromatic carbocycles. The molecule has 0 aromatic heterocycles. The maximum Gasteiger partial charge on any atom is -0.0204 e. The van der Waals surface area contributed by atoms with Gasteiger partial charge in [0.2, 0.25) is 0 Å². The second-order valence-corrected chi connectivity index (χ2v) is 12.9. The fourth-order valence-corrected chi connectivity index (χ4v) is 7.12. The standard InChI is InChI=1S/C19H40S/c1-8-9-19(16(4)5)18(12-15(2)3)13-17-10-11-20(6,7)14-17/h15-19H,8-14H2,1-7H3. The van der Waals surface area contributed by atoms with Crippen molar-refractivity contribution in [3.05, 3.63) is 0 Å². The molecule has 0 spiro atoms. The van der Waals surface area contributed by atoms with Gasteiger partial charge in [0.1, 0.15) is 0 Å². The second-order valence-electron chi connectivity index (χ2n) is 8.61. The molecule has 0 aliphatic carbocycles. The summed E-state index contributed by atoms with van der Waals surface area (Å²) in [5.41, 5.74) is 0. The Kier molecular flexibility index (Phi) is 7.46. The Bertz CT molecular complexity index is 267. The molecule has 1 heteroatoms. The van der Waals surface area contributed by atoms with Crippen molar-refractivity contribution >= 4 is 10.0 Å². The van der Waals surface area contributed by atoms with Gasteiger partial charge in [0.15, 0.2) is 0 Å². The van der Waals surface area contributed by atoms with Crippen LogP contribution < -0.4 is 0 Å². The number of rotatable bonds is 8. The molecule has 0 nitrogen and oxygen atoms in total. The van der Waals surface area contributed by atoms with Crippen molar-refractivity contribution in [2.75, 3.05) is 24.0 Å². The van der Waals surface area contributed by atoms with E-state index in [1.165, 1.54) is 37.9 Å². The molecule has 1 fully saturated rings. The molecular formula is C19H40S. The number of hydrogen-bond acceptors (Lipinski definition) is 0. The number of hydrogen-bond donors (Lipinski definition) is 0. The van der Waals surface area contributed by atoms with Crippen molar-refractivity contribution in [3.63, 3.8) is 0 Å². The van der Waals surface area contributed by atoms with Gasteiger partial charge in [-0.15, -0.1) is 0 Å². The largest absolute Gasteiger partial charge is 0.246 e. The Morgan fingerprint density at radius 2 is 1.75 bits per heavy atom. The highest BCUT2D eigenvalue weighted by Gasteiger charge is 2.32. The van der Waals surface area contributed by atoms with Gasteiger partial charge in [-0.2, -0.15) is 0 Å². The van der Waals surface area contributed by atoms with Gasteiger partial charge in [-0.05, 0) is 72.9 Å². The molecule has 0 bridgehead atoms. The van der Waals surface area contributed by atoms with Crippen molar-refractivity contribution in [1.82, 2.24) is 0 Å². The SMILES string of the molecule is CCCC(C(C)C)C(CC(C)C)CC1CCS(C)(C)C1. The molecule has 1 aliphatic rings. The van der Waals surface area contributed by atoms with E-state index in [9.17, 15) is 0 Å². The molecule has 3 unspecified atom stereocenters. The van der Waals surface area contributed by atoms with Crippen LogP contribution in [0.5, 0.6) is 0 Å². The summed E-state index contributed by atoms with van der Waals surface area (Å²) in [4.78, 5) is 0. The first-order valence-corrected chi connectivity index (χ1v) is 11.7. The summed E-state index contributed by atoms with van der Waals surface area (Å²) >= 11 is 0. The molecular weight excluding hydrogens is 260 g/mol. The zero-order valence-electron chi connectivity index (χ0n) is 15.2. The summed E-state index contributed by atoms with van der Waals surface area (Å²) in [5, 5.41) is 0. The van der Waals surface area contributed by atoms with E-state index in [-0.39, 0.29) is 10.0 Å². The van der Waals surface area contributed by atoms with Crippen LogP contribution in [0.2, 0.25) is 0 Å². The van der Waals surface area contributed by atoms with Crippen LogP contribution in [0.4, 0.5) is 0 Å². The van der Waals surface area contributed by atoms with Crippen molar-refractivity contribution < 1.29 is 0 Å². The van der Waals surface area contributed by atoms with Crippen LogP contribution in [0.15, 0.2) is 0 Å². The van der Waals surface area contributed by atoms with E-state index >= 15 is 0 Å². The zero-order valence-corrected chi connectivity index (χ0v) is 16.1. The van der Waals surface area contributed by atoms with Crippen LogP contribution in [0, 0.1) is 29.6 Å². The van der Waals surface area contributed by atoms with Crippen LogP contribution in [0.1, 0.15) is 66.7 Å². The third-order valence-electron chi connectivity index (χ3n) is 5.26. The summed E-state index contributed by atoms with van der Waals surface area (Å²) in [6.45, 7) is 12.1. The van der Waals surface area contributed by atoms with Crippen molar-refractivity contribution in [1.29, 1.82) is 0 Å². The minimum atomic E-state index is -0.228. The van der Waals surface area contributed by atoms with E-state index in [0.717, 1.165) is 29.6 Å². The van der Waals surface area contributed by atoms with Crippen molar-refractivity contribution in [2.24, 2.45) is 29.6 Å². The Morgan fingerprint density at radius 1 is 1.10 bits per heavy atom. The highest BCUT2D eigenvalue weighted by molar-refractivity contribution is 8.32. The average molecular weight is 301 g/mol. The summed E-state index contributed by atoms with van der Waals surface area (Å²) in [6.07, 6.45) is 12.4. The molecule has 1 rings (SSSR count). The highest BCUT2D eigenvalue weighted by atomic mass is 32.3. The monoisotopic (exact) mass is 300 g/mol. The maximum absolute atomic E-state index is 2.55. The lowest BCUT2D eigenvalue weighted by molar-refractivity contribution is 0.175. The predicted molar refractivity (Wildman–Crippen MR) is 98.1 cm³/mol. The summed E-state index contributed by atoms with van der Waals surface area (Å²) < 4.78 is 0.